The molecule has 1 heterocycles. The molecule has 4 nitrogen and oxygen atoms in total. The highest BCUT2D eigenvalue weighted by atomic mass is 19.4. The molecule has 0 radical (unpaired) electrons. The Morgan fingerprint density at radius 2 is 1.84 bits per heavy atom. The van der Waals surface area contributed by atoms with Gasteiger partial charge in [0.15, 0.2) is 0 Å². The van der Waals surface area contributed by atoms with Crippen molar-refractivity contribution in [2.75, 3.05) is 10.2 Å². The van der Waals surface area contributed by atoms with Crippen molar-refractivity contribution in [3.05, 3.63) is 59.7 Å². The van der Waals surface area contributed by atoms with Gasteiger partial charge in [0.05, 0.1) is 5.56 Å². The molecule has 0 fully saturated rings. The van der Waals surface area contributed by atoms with E-state index in [-0.39, 0.29) is 11.6 Å². The molecule has 0 spiro atoms. The third-order valence-corrected chi connectivity index (χ3v) is 4.08. The Morgan fingerprint density at radius 3 is 2.52 bits per heavy atom. The van der Waals surface area contributed by atoms with E-state index in [0.717, 1.165) is 17.7 Å². The van der Waals surface area contributed by atoms with Crippen molar-refractivity contribution in [1.29, 1.82) is 0 Å². The van der Waals surface area contributed by atoms with Crippen molar-refractivity contribution in [2.45, 2.75) is 25.6 Å². The highest BCUT2D eigenvalue weighted by molar-refractivity contribution is 6.06. The van der Waals surface area contributed by atoms with Crippen LogP contribution < -0.4 is 10.2 Å². The molecule has 0 saturated carbocycles. The fraction of sp³-hybridized carbons (Fsp3) is 0.222. The van der Waals surface area contributed by atoms with Gasteiger partial charge in [0, 0.05) is 24.7 Å². The molecule has 1 atom stereocenters. The van der Waals surface area contributed by atoms with Crippen LogP contribution in [0.5, 0.6) is 0 Å². The first kappa shape index (κ1) is 17.0. The second kappa shape index (κ2) is 6.23. The predicted molar refractivity (Wildman–Crippen MR) is 87.2 cm³/mol. The summed E-state index contributed by atoms with van der Waals surface area (Å²) in [5.74, 6) is -0.820. The quantitative estimate of drug-likeness (QED) is 0.901. The predicted octanol–water partition coefficient (Wildman–Crippen LogP) is 3.62. The maximum atomic E-state index is 12.8. The van der Waals surface area contributed by atoms with Crippen LogP contribution >= 0.6 is 0 Å². The number of amides is 2. The van der Waals surface area contributed by atoms with Crippen molar-refractivity contribution in [3.8, 4) is 0 Å². The van der Waals surface area contributed by atoms with Gasteiger partial charge in [0.1, 0.15) is 6.04 Å². The lowest BCUT2D eigenvalue weighted by molar-refractivity contribution is -0.137. The molecule has 1 N–H and O–H groups in total. The summed E-state index contributed by atoms with van der Waals surface area (Å²) in [5, 5.41) is 2.48. The van der Waals surface area contributed by atoms with E-state index in [9.17, 15) is 22.8 Å². The number of rotatable bonds is 2. The monoisotopic (exact) mass is 348 g/mol. The summed E-state index contributed by atoms with van der Waals surface area (Å²) in [5.41, 5.74) is 0.698. The lowest BCUT2D eigenvalue weighted by atomic mass is 10.1. The van der Waals surface area contributed by atoms with Crippen molar-refractivity contribution in [2.24, 2.45) is 0 Å². The van der Waals surface area contributed by atoms with Gasteiger partial charge in [-0.25, -0.2) is 0 Å². The van der Waals surface area contributed by atoms with Crippen LogP contribution in [0.15, 0.2) is 48.5 Å². The van der Waals surface area contributed by atoms with E-state index in [1.807, 2.05) is 12.1 Å². The van der Waals surface area contributed by atoms with Crippen LogP contribution in [0.25, 0.3) is 0 Å². The van der Waals surface area contributed by atoms with Crippen LogP contribution in [-0.4, -0.2) is 17.9 Å². The first-order chi connectivity index (χ1) is 11.8. The van der Waals surface area contributed by atoms with Crippen molar-refractivity contribution in [3.63, 3.8) is 0 Å². The highest BCUT2D eigenvalue weighted by Gasteiger charge is 2.37. The van der Waals surface area contributed by atoms with Crippen molar-refractivity contribution in [1.82, 2.24) is 0 Å². The standard InChI is InChI=1S/C18H15F3N2O2/c1-11(24)23-15-8-3-2-5-12(15)9-16(23)17(25)22-14-7-4-6-13(10-14)18(19,20)21/h2-8,10,16H,9H2,1H3,(H,22,25). The minimum Gasteiger partial charge on any atom is -0.324 e. The molecule has 0 saturated heterocycles. The van der Waals surface area contributed by atoms with Gasteiger partial charge in [-0.3, -0.25) is 14.5 Å². The van der Waals surface area contributed by atoms with Gasteiger partial charge in [0.25, 0.3) is 0 Å². The molecule has 130 valence electrons. The number of carbonyl (C=O) groups excluding carboxylic acids is 2. The zero-order chi connectivity index (χ0) is 18.2. The van der Waals surface area contributed by atoms with Crippen LogP contribution in [0.1, 0.15) is 18.1 Å². The molecule has 1 aliphatic heterocycles. The summed E-state index contributed by atoms with van der Waals surface area (Å²) < 4.78 is 38.4. The Hall–Kier alpha value is -2.83. The number of para-hydroxylation sites is 1. The molecule has 2 amide bonds. The molecule has 0 aromatic heterocycles. The SMILES string of the molecule is CC(=O)N1c2ccccc2CC1C(=O)Nc1cccc(C(F)(F)F)c1. The molecular weight excluding hydrogens is 333 g/mol. The maximum Gasteiger partial charge on any atom is 0.416 e. The average Bonchev–Trinajstić information content (AvgIpc) is 2.94. The number of anilines is 2. The van der Waals surface area contributed by atoms with Crippen LogP contribution in [0.2, 0.25) is 0 Å². The second-order valence-corrected chi connectivity index (χ2v) is 5.81. The average molecular weight is 348 g/mol. The van der Waals surface area contributed by atoms with E-state index >= 15 is 0 Å². The number of fused-ring (bicyclic) bond motifs is 1. The zero-order valence-corrected chi connectivity index (χ0v) is 13.3. The number of hydrogen-bond donors (Lipinski definition) is 1. The Balaban J connectivity index is 1.84. The van der Waals surface area contributed by atoms with E-state index in [2.05, 4.69) is 5.32 Å². The Kier molecular flexibility index (Phi) is 4.24. The normalized spacial score (nSPS) is 16.5. The van der Waals surface area contributed by atoms with E-state index in [4.69, 9.17) is 0 Å². The number of benzene rings is 2. The Labute approximate surface area is 142 Å². The lowest BCUT2D eigenvalue weighted by Crippen LogP contribution is -2.44. The van der Waals surface area contributed by atoms with E-state index in [1.165, 1.54) is 24.0 Å². The molecule has 0 bridgehead atoms. The van der Waals surface area contributed by atoms with Crippen LogP contribution in [-0.2, 0) is 22.2 Å². The van der Waals surface area contributed by atoms with Gasteiger partial charge in [-0.05, 0) is 29.8 Å². The third-order valence-electron chi connectivity index (χ3n) is 4.08. The van der Waals surface area contributed by atoms with Crippen molar-refractivity contribution >= 4 is 23.2 Å². The smallest absolute Gasteiger partial charge is 0.324 e. The molecular formula is C18H15F3N2O2. The topological polar surface area (TPSA) is 49.4 Å². The first-order valence-electron chi connectivity index (χ1n) is 7.63. The molecule has 2 aromatic rings. The molecule has 1 unspecified atom stereocenters. The highest BCUT2D eigenvalue weighted by Crippen LogP contribution is 2.33. The number of hydrogen-bond acceptors (Lipinski definition) is 2. The minimum absolute atomic E-state index is 0.0410. The fourth-order valence-corrected chi connectivity index (χ4v) is 2.98. The number of halogens is 3. The Morgan fingerprint density at radius 1 is 1.12 bits per heavy atom. The molecule has 25 heavy (non-hydrogen) atoms. The summed E-state index contributed by atoms with van der Waals surface area (Å²) in [6.07, 6.45) is -4.17. The van der Waals surface area contributed by atoms with Gasteiger partial charge in [-0.1, -0.05) is 24.3 Å². The van der Waals surface area contributed by atoms with Crippen LogP contribution in [0, 0.1) is 0 Å². The number of carbonyl (C=O) groups is 2. The van der Waals surface area contributed by atoms with Crippen molar-refractivity contribution < 1.29 is 22.8 Å². The summed E-state index contributed by atoms with van der Waals surface area (Å²) in [6, 6.07) is 10.8. The van der Waals surface area contributed by atoms with Gasteiger partial charge in [-0.15, -0.1) is 0 Å². The zero-order valence-electron chi connectivity index (χ0n) is 13.3. The largest absolute Gasteiger partial charge is 0.416 e. The summed E-state index contributed by atoms with van der Waals surface area (Å²) in [4.78, 5) is 25.9. The second-order valence-electron chi connectivity index (χ2n) is 5.81. The lowest BCUT2D eigenvalue weighted by Gasteiger charge is -2.23. The van der Waals surface area contributed by atoms with E-state index < -0.39 is 23.7 Å². The van der Waals surface area contributed by atoms with Crippen LogP contribution in [0.4, 0.5) is 24.5 Å². The maximum absolute atomic E-state index is 12.8. The molecule has 7 heteroatoms. The minimum atomic E-state index is -4.49. The molecule has 0 aliphatic carbocycles. The summed E-state index contributed by atoms with van der Waals surface area (Å²) >= 11 is 0. The summed E-state index contributed by atoms with van der Waals surface area (Å²) in [7, 11) is 0. The molecule has 2 aromatic carbocycles. The number of nitrogens with zero attached hydrogens (tertiary/aromatic N) is 1. The molecule has 1 aliphatic rings. The fourth-order valence-electron chi connectivity index (χ4n) is 2.98. The number of alkyl halides is 3. The first-order valence-corrected chi connectivity index (χ1v) is 7.63. The molecule has 3 rings (SSSR count). The van der Waals surface area contributed by atoms with Crippen LogP contribution in [0.3, 0.4) is 0 Å². The third kappa shape index (κ3) is 3.35. The van der Waals surface area contributed by atoms with E-state index in [0.29, 0.717) is 12.1 Å². The number of nitrogens with one attached hydrogen (secondary N) is 1. The van der Waals surface area contributed by atoms with Gasteiger partial charge < -0.3 is 5.32 Å². The summed E-state index contributed by atoms with van der Waals surface area (Å²) in [6.45, 7) is 1.35. The van der Waals surface area contributed by atoms with Gasteiger partial charge in [-0.2, -0.15) is 13.2 Å². The Bertz CT molecular complexity index is 833. The van der Waals surface area contributed by atoms with Gasteiger partial charge in [0.2, 0.25) is 11.8 Å². The van der Waals surface area contributed by atoms with Gasteiger partial charge >= 0.3 is 6.18 Å². The van der Waals surface area contributed by atoms with E-state index in [1.54, 1.807) is 12.1 Å².